The summed E-state index contributed by atoms with van der Waals surface area (Å²) in [5, 5.41) is 0. The first-order chi connectivity index (χ1) is 6.39. The number of hydrogen-bond acceptors (Lipinski definition) is 0. The summed E-state index contributed by atoms with van der Waals surface area (Å²) in [6.07, 6.45) is 7.32. The minimum absolute atomic E-state index is 0.603. The van der Waals surface area contributed by atoms with Crippen molar-refractivity contribution in [3.05, 3.63) is 35.9 Å². The fourth-order valence-electron chi connectivity index (χ4n) is 3.39. The van der Waals surface area contributed by atoms with E-state index in [1.54, 1.807) is 5.56 Å². The Hall–Kier alpha value is -0.780. The molecule has 1 aromatic carbocycles. The van der Waals surface area contributed by atoms with Gasteiger partial charge in [0.1, 0.15) is 0 Å². The first-order valence-electron chi connectivity index (χ1n) is 5.45. The zero-order valence-electron chi connectivity index (χ0n) is 8.00. The summed E-state index contributed by atoms with van der Waals surface area (Å²) >= 11 is 0. The van der Waals surface area contributed by atoms with Crippen molar-refractivity contribution in [3.63, 3.8) is 0 Å². The summed E-state index contributed by atoms with van der Waals surface area (Å²) < 4.78 is 0. The second kappa shape index (κ2) is 2.60. The van der Waals surface area contributed by atoms with Gasteiger partial charge in [0.05, 0.1) is 0 Å². The van der Waals surface area contributed by atoms with Crippen LogP contribution in [0.25, 0.3) is 0 Å². The topological polar surface area (TPSA) is 0 Å². The number of fused-ring (bicyclic) bond motifs is 2. The van der Waals surface area contributed by atoms with Gasteiger partial charge >= 0.3 is 0 Å². The largest absolute Gasteiger partial charge is 0.0622 e. The Labute approximate surface area is 80.0 Å². The highest BCUT2D eigenvalue weighted by atomic mass is 14.5. The Bertz CT molecular complexity index is 291. The monoisotopic (exact) mass is 172 g/mol. The van der Waals surface area contributed by atoms with Gasteiger partial charge in [0.15, 0.2) is 0 Å². The molecule has 2 fully saturated rings. The molecule has 0 aliphatic heterocycles. The van der Waals surface area contributed by atoms with Crippen LogP contribution in [-0.2, 0) is 5.41 Å². The van der Waals surface area contributed by atoms with E-state index in [-0.39, 0.29) is 0 Å². The van der Waals surface area contributed by atoms with Crippen LogP contribution in [0.4, 0.5) is 0 Å². The highest BCUT2D eigenvalue weighted by molar-refractivity contribution is 5.28. The van der Waals surface area contributed by atoms with Gasteiger partial charge in [0, 0.05) is 0 Å². The molecule has 2 saturated carbocycles. The van der Waals surface area contributed by atoms with Gasteiger partial charge in [0.2, 0.25) is 0 Å². The van der Waals surface area contributed by atoms with Gasteiger partial charge in [-0.2, -0.15) is 0 Å². The van der Waals surface area contributed by atoms with E-state index >= 15 is 0 Å². The molecule has 0 unspecified atom stereocenters. The third kappa shape index (κ3) is 1.04. The molecule has 68 valence electrons. The molecule has 0 nitrogen and oxygen atoms in total. The first kappa shape index (κ1) is 7.61. The Morgan fingerprint density at radius 2 is 1.69 bits per heavy atom. The lowest BCUT2D eigenvalue weighted by Gasteiger charge is -2.26. The van der Waals surface area contributed by atoms with Gasteiger partial charge in [-0.25, -0.2) is 0 Å². The average molecular weight is 172 g/mol. The van der Waals surface area contributed by atoms with E-state index in [2.05, 4.69) is 30.3 Å². The van der Waals surface area contributed by atoms with Crippen LogP contribution in [0.5, 0.6) is 0 Å². The SMILES string of the molecule is c1ccc(C23CCC(CC2)C3)cc1. The molecule has 0 amide bonds. The molecule has 0 aromatic heterocycles. The van der Waals surface area contributed by atoms with Gasteiger partial charge < -0.3 is 0 Å². The molecule has 2 aliphatic carbocycles. The van der Waals surface area contributed by atoms with E-state index in [4.69, 9.17) is 0 Å². The molecule has 3 rings (SSSR count). The van der Waals surface area contributed by atoms with Crippen LogP contribution in [0.1, 0.15) is 37.7 Å². The van der Waals surface area contributed by atoms with Crippen molar-refractivity contribution >= 4 is 0 Å². The fourth-order valence-corrected chi connectivity index (χ4v) is 3.39. The van der Waals surface area contributed by atoms with Crippen molar-refractivity contribution in [2.75, 3.05) is 0 Å². The molecule has 0 heteroatoms. The highest BCUT2D eigenvalue weighted by Crippen LogP contribution is 2.55. The van der Waals surface area contributed by atoms with Crippen LogP contribution in [0, 0.1) is 5.92 Å². The van der Waals surface area contributed by atoms with Crippen molar-refractivity contribution < 1.29 is 0 Å². The third-order valence-electron chi connectivity index (χ3n) is 4.13. The molecule has 0 spiro atoms. The van der Waals surface area contributed by atoms with Gasteiger partial charge in [-0.05, 0) is 49.0 Å². The van der Waals surface area contributed by atoms with Gasteiger partial charge in [-0.15, -0.1) is 0 Å². The Kier molecular flexibility index (Phi) is 1.52. The van der Waals surface area contributed by atoms with E-state index < -0.39 is 0 Å². The molecule has 0 saturated heterocycles. The van der Waals surface area contributed by atoms with Crippen LogP contribution in [0.2, 0.25) is 0 Å². The van der Waals surface area contributed by atoms with Crippen molar-refractivity contribution in [2.45, 2.75) is 37.5 Å². The van der Waals surface area contributed by atoms with Gasteiger partial charge in [-0.3, -0.25) is 0 Å². The van der Waals surface area contributed by atoms with E-state index in [1.807, 2.05) is 0 Å². The zero-order chi connectivity index (χ0) is 8.73. The molecule has 0 atom stereocenters. The summed E-state index contributed by atoms with van der Waals surface area (Å²) in [6.45, 7) is 0. The average Bonchev–Trinajstić information content (AvgIpc) is 2.80. The van der Waals surface area contributed by atoms with Crippen LogP contribution in [-0.4, -0.2) is 0 Å². The predicted molar refractivity (Wildman–Crippen MR) is 54.7 cm³/mol. The minimum atomic E-state index is 0.603. The zero-order valence-corrected chi connectivity index (χ0v) is 8.00. The van der Waals surface area contributed by atoms with E-state index in [1.165, 1.54) is 32.1 Å². The summed E-state index contributed by atoms with van der Waals surface area (Å²) in [4.78, 5) is 0. The van der Waals surface area contributed by atoms with Gasteiger partial charge in [0.25, 0.3) is 0 Å². The van der Waals surface area contributed by atoms with Crippen molar-refractivity contribution in [3.8, 4) is 0 Å². The smallest absolute Gasteiger partial charge is 0.00441 e. The molecular weight excluding hydrogens is 156 g/mol. The Morgan fingerprint density at radius 3 is 2.23 bits per heavy atom. The first-order valence-corrected chi connectivity index (χ1v) is 5.45. The van der Waals surface area contributed by atoms with Crippen LogP contribution in [0.15, 0.2) is 30.3 Å². The maximum Gasteiger partial charge on any atom is -0.00441 e. The molecule has 0 N–H and O–H groups in total. The lowest BCUT2D eigenvalue weighted by molar-refractivity contribution is 0.419. The molecule has 0 radical (unpaired) electrons. The molecule has 1 aromatic rings. The maximum atomic E-state index is 2.33. The van der Waals surface area contributed by atoms with Gasteiger partial charge in [-0.1, -0.05) is 30.3 Å². The van der Waals surface area contributed by atoms with Crippen molar-refractivity contribution in [2.24, 2.45) is 5.92 Å². The van der Waals surface area contributed by atoms with Crippen molar-refractivity contribution in [1.29, 1.82) is 0 Å². The molecule has 2 aliphatic rings. The summed E-state index contributed by atoms with van der Waals surface area (Å²) in [6, 6.07) is 11.2. The van der Waals surface area contributed by atoms with Crippen LogP contribution >= 0.6 is 0 Å². The second-order valence-corrected chi connectivity index (χ2v) is 4.79. The van der Waals surface area contributed by atoms with Crippen LogP contribution < -0.4 is 0 Å². The molecular formula is C13H16. The second-order valence-electron chi connectivity index (χ2n) is 4.79. The standard InChI is InChI=1S/C13H16/c1-2-4-12(5-3-1)13-8-6-11(10-13)7-9-13/h1-5,11H,6-10H2. The summed E-state index contributed by atoms with van der Waals surface area (Å²) in [5.74, 6) is 1.06. The molecule has 2 bridgehead atoms. The third-order valence-corrected chi connectivity index (χ3v) is 4.13. The van der Waals surface area contributed by atoms with E-state index in [9.17, 15) is 0 Å². The number of hydrogen-bond donors (Lipinski definition) is 0. The minimum Gasteiger partial charge on any atom is -0.0622 e. The highest BCUT2D eigenvalue weighted by Gasteiger charge is 2.45. The quantitative estimate of drug-likeness (QED) is 0.608. The Morgan fingerprint density at radius 1 is 1.00 bits per heavy atom. The normalized spacial score (nSPS) is 36.8. The molecule has 0 heterocycles. The summed E-state index contributed by atoms with van der Waals surface area (Å²) in [7, 11) is 0. The van der Waals surface area contributed by atoms with Crippen LogP contribution in [0.3, 0.4) is 0 Å². The number of rotatable bonds is 1. The van der Waals surface area contributed by atoms with E-state index in [0.29, 0.717) is 5.41 Å². The molecule has 13 heavy (non-hydrogen) atoms. The number of benzene rings is 1. The lowest BCUT2D eigenvalue weighted by atomic mass is 9.78. The fraction of sp³-hybridized carbons (Fsp3) is 0.538. The Balaban J connectivity index is 2.00. The predicted octanol–water partition coefficient (Wildman–Crippen LogP) is 3.52. The lowest BCUT2D eigenvalue weighted by Crippen LogP contribution is -2.18. The van der Waals surface area contributed by atoms with Crippen molar-refractivity contribution in [1.82, 2.24) is 0 Å². The van der Waals surface area contributed by atoms with E-state index in [0.717, 1.165) is 5.92 Å². The summed E-state index contributed by atoms with van der Waals surface area (Å²) in [5.41, 5.74) is 2.21. The maximum absolute atomic E-state index is 2.33.